The van der Waals surface area contributed by atoms with Crippen molar-refractivity contribution < 1.29 is 38.3 Å². The Hall–Kier alpha value is -2.77. The Balaban J connectivity index is 0.000000143. The number of ketones is 6. The Morgan fingerprint density at radius 3 is 1.56 bits per heavy atom. The number of hydrogen-bond donors (Lipinski definition) is 0. The number of fused-ring (bicyclic) bond motifs is 15. The lowest BCUT2D eigenvalue weighted by atomic mass is 9.44. The Morgan fingerprint density at radius 1 is 0.523 bits per heavy atom. The molecule has 0 amide bonds. The molecule has 0 heterocycles. The highest BCUT2D eigenvalue weighted by molar-refractivity contribution is 5.94. The first-order valence-electron chi connectivity index (χ1n) is 36.6. The predicted molar refractivity (Wildman–Crippen MR) is 343 cm³/mol. The van der Waals surface area contributed by atoms with Gasteiger partial charge in [0.1, 0.15) is 34.7 Å². The van der Waals surface area contributed by atoms with Crippen molar-refractivity contribution in [1.82, 2.24) is 0 Å². The Kier molecular flexibility index (Phi) is 19.5. The normalized spacial score (nSPS) is 45.8. The van der Waals surface area contributed by atoms with Gasteiger partial charge >= 0.3 is 5.97 Å². The van der Waals surface area contributed by atoms with Crippen LogP contribution in [-0.2, 0) is 38.3 Å². The molecule has 0 aromatic carbocycles. The maximum absolute atomic E-state index is 13.7. The first-order chi connectivity index (χ1) is 40.6. The molecule has 0 bridgehead atoms. The highest BCUT2D eigenvalue weighted by atomic mass is 16.5. The summed E-state index contributed by atoms with van der Waals surface area (Å²) in [4.78, 5) is 90.0. The molecule has 11 saturated carbocycles. The Labute approximate surface area is 522 Å². The van der Waals surface area contributed by atoms with Crippen LogP contribution in [0.4, 0.5) is 0 Å². The lowest BCUT2D eigenvalue weighted by molar-refractivity contribution is -0.168. The first-order valence-corrected chi connectivity index (χ1v) is 36.6. The van der Waals surface area contributed by atoms with E-state index in [1.807, 2.05) is 12.5 Å². The second-order valence-corrected chi connectivity index (χ2v) is 34.6. The molecule has 0 unspecified atom stereocenters. The van der Waals surface area contributed by atoms with Gasteiger partial charge in [0, 0.05) is 80.5 Å². The topological polar surface area (TPSA) is 129 Å². The number of rotatable bonds is 13. The van der Waals surface area contributed by atoms with Crippen LogP contribution in [0.1, 0.15) is 283 Å². The van der Waals surface area contributed by atoms with E-state index < -0.39 is 5.41 Å². The third kappa shape index (κ3) is 11.4. The predicted octanol–water partition coefficient (Wildman–Crippen LogP) is 18.2. The van der Waals surface area contributed by atoms with Gasteiger partial charge in [-0.2, -0.15) is 0 Å². The molecule has 0 aromatic heterocycles. The van der Waals surface area contributed by atoms with Gasteiger partial charge in [-0.25, -0.2) is 0 Å². The molecule has 0 saturated heterocycles. The largest absolute Gasteiger partial charge is 0.466 e. The van der Waals surface area contributed by atoms with Crippen LogP contribution in [0.25, 0.3) is 0 Å². The SMILES string of the molecule is CC(C)CCC[C@@H](C)[C@H]1CC[C@H]2[C@@H]3CC=C4C[C@H](C)CC[C@]4(C)[C@H]3CC[C@]12C.CCC[C@@H](C)[C@H]1CC[C@H]2[C@@H]3C(=O)C[C@@H]4CC(=O)CC[C@]4(C)[C@H]3CC(=O)[C@]12C.CCOC(=O)CC[C@@H](C)[C@H]1CC[C@H]2[C@@H]3C(=O)C[C@@H]4CC(=O)CC[C@]4(C)[C@H]3CC(=O)[C@]12C. The average molecular weight is 1190 g/mol. The van der Waals surface area contributed by atoms with Crippen molar-refractivity contribution in [1.29, 1.82) is 0 Å². The Bertz CT molecular complexity index is 2590. The molecule has 0 aromatic rings. The fraction of sp³-hybridized carbons (Fsp3) is 0.885. The minimum absolute atomic E-state index is 0.00338. The summed E-state index contributed by atoms with van der Waals surface area (Å²) in [7, 11) is 0. The van der Waals surface area contributed by atoms with Gasteiger partial charge in [-0.1, -0.05) is 134 Å². The number of carbonyl (C=O) groups is 7. The highest BCUT2D eigenvalue weighted by Gasteiger charge is 2.68. The zero-order chi connectivity index (χ0) is 62.2. The van der Waals surface area contributed by atoms with Gasteiger partial charge < -0.3 is 4.74 Å². The lowest BCUT2D eigenvalue weighted by Gasteiger charge is -2.58. The molecule has 0 aliphatic heterocycles. The second-order valence-electron chi connectivity index (χ2n) is 34.6. The summed E-state index contributed by atoms with van der Waals surface area (Å²) in [5.74, 6) is 10.9. The van der Waals surface area contributed by atoms with Crippen molar-refractivity contribution in [3.05, 3.63) is 11.6 Å². The van der Waals surface area contributed by atoms with E-state index in [1.165, 1.54) is 77.0 Å². The summed E-state index contributed by atoms with van der Waals surface area (Å²) in [5.41, 5.74) is 2.21. The van der Waals surface area contributed by atoms with Crippen molar-refractivity contribution in [3.8, 4) is 0 Å². The fourth-order valence-corrected chi connectivity index (χ4v) is 25.1. The summed E-state index contributed by atoms with van der Waals surface area (Å²) in [6.45, 7) is 33.0. The molecule has 8 heteroatoms. The van der Waals surface area contributed by atoms with Crippen LogP contribution < -0.4 is 0 Å². The standard InChI is InChI=1S/C28H48.C26H38O5.C24H36O3/c1-19(2)8-7-9-21(4)24-12-13-25-23-11-10-22-18-20(3)14-16-27(22,5)26(23)15-17-28(24,25)6;1-5-31-23(30)9-6-15(2)18-7-8-19-24-20(14-22(29)26(18,19)4)25(3)11-10-17(27)12-16(25)13-21(24)28;1-5-6-14(2)17-7-8-18-22-19(13-21(27)24(17,18)4)23(3)10-9-16(25)11-15(23)12-20(22)26/h10,19-21,23-26H,7-9,11-18H2,1-6H3;15-16,18-20,24H,5-14H2,1-4H3;14-15,17-19,22H,5-13H2,1-4H3/t20-,21-,23+,24-,25+,26+,27+,28-;15-,16+,18-,19+,20+,24+,25+,26-;14-,15+,17-,18+,19+,22+,23+,24-/m111/s1. The molecule has 482 valence electrons. The van der Waals surface area contributed by atoms with E-state index in [9.17, 15) is 33.6 Å². The summed E-state index contributed by atoms with van der Waals surface area (Å²) in [6, 6.07) is 0. The smallest absolute Gasteiger partial charge is 0.305 e. The summed E-state index contributed by atoms with van der Waals surface area (Å²) < 4.78 is 5.09. The molecule has 12 aliphatic carbocycles. The maximum atomic E-state index is 13.7. The molecule has 24 atom stereocenters. The zero-order valence-corrected chi connectivity index (χ0v) is 57.0. The van der Waals surface area contributed by atoms with Crippen LogP contribution >= 0.6 is 0 Å². The third-order valence-corrected chi connectivity index (χ3v) is 30.2. The van der Waals surface area contributed by atoms with Gasteiger partial charge in [-0.15, -0.1) is 0 Å². The quantitative estimate of drug-likeness (QED) is 0.132. The second kappa shape index (κ2) is 25.4. The van der Waals surface area contributed by atoms with Gasteiger partial charge in [0.05, 0.1) is 6.61 Å². The molecule has 86 heavy (non-hydrogen) atoms. The number of hydrogen-bond acceptors (Lipinski definition) is 8. The zero-order valence-electron chi connectivity index (χ0n) is 57.0. The summed E-state index contributed by atoms with van der Waals surface area (Å²) >= 11 is 0. The van der Waals surface area contributed by atoms with Crippen LogP contribution in [-0.4, -0.2) is 47.3 Å². The lowest BCUT2D eigenvalue weighted by Crippen LogP contribution is -2.60. The number of Topliss-reactive ketones (excluding diaryl/α,β-unsaturated/α-hetero) is 6. The fourth-order valence-electron chi connectivity index (χ4n) is 25.1. The molecule has 12 rings (SSSR count). The van der Waals surface area contributed by atoms with Gasteiger partial charge in [-0.05, 0) is 226 Å². The minimum Gasteiger partial charge on any atom is -0.466 e. The number of ether oxygens (including phenoxy) is 1. The van der Waals surface area contributed by atoms with E-state index in [4.69, 9.17) is 4.74 Å². The van der Waals surface area contributed by atoms with Crippen LogP contribution in [0, 0.1) is 145 Å². The van der Waals surface area contributed by atoms with Crippen molar-refractivity contribution in [2.24, 2.45) is 145 Å². The van der Waals surface area contributed by atoms with E-state index in [0.717, 1.165) is 92.8 Å². The monoisotopic (exact) mass is 1190 g/mol. The van der Waals surface area contributed by atoms with Crippen LogP contribution in [0.2, 0.25) is 0 Å². The molecule has 8 nitrogen and oxygen atoms in total. The van der Waals surface area contributed by atoms with Gasteiger partial charge in [0.15, 0.2) is 0 Å². The van der Waals surface area contributed by atoms with E-state index in [0.29, 0.717) is 116 Å². The molecule has 11 fully saturated rings. The van der Waals surface area contributed by atoms with Crippen LogP contribution in [0.5, 0.6) is 0 Å². The summed E-state index contributed by atoms with van der Waals surface area (Å²) in [5, 5.41) is 0. The van der Waals surface area contributed by atoms with Crippen LogP contribution in [0.15, 0.2) is 11.6 Å². The Morgan fingerprint density at radius 2 is 1.03 bits per heavy atom. The molecule has 0 spiro atoms. The number of allylic oxidation sites excluding steroid dienone is 2. The van der Waals surface area contributed by atoms with E-state index in [2.05, 4.69) is 96.1 Å². The molecule has 0 N–H and O–H groups in total. The highest BCUT2D eigenvalue weighted by Crippen LogP contribution is 2.70. The van der Waals surface area contributed by atoms with Crippen molar-refractivity contribution in [2.75, 3.05) is 6.61 Å². The van der Waals surface area contributed by atoms with Gasteiger partial charge in [0.2, 0.25) is 0 Å². The van der Waals surface area contributed by atoms with Crippen molar-refractivity contribution in [2.45, 2.75) is 283 Å². The average Bonchev–Trinajstić information content (AvgIpc) is 1.32. The third-order valence-electron chi connectivity index (χ3n) is 30.2. The van der Waals surface area contributed by atoms with Crippen LogP contribution in [0.3, 0.4) is 0 Å². The van der Waals surface area contributed by atoms with E-state index >= 15 is 0 Å². The first kappa shape index (κ1) is 66.2. The number of carbonyl (C=O) groups excluding carboxylic acids is 7. The maximum Gasteiger partial charge on any atom is 0.305 e. The minimum atomic E-state index is -0.474. The van der Waals surface area contributed by atoms with Gasteiger partial charge in [-0.3, -0.25) is 33.6 Å². The molecule has 12 aliphatic rings. The molecule has 0 radical (unpaired) electrons. The summed E-state index contributed by atoms with van der Waals surface area (Å²) in [6.07, 6.45) is 32.5. The van der Waals surface area contributed by atoms with Crippen molar-refractivity contribution >= 4 is 40.7 Å². The van der Waals surface area contributed by atoms with Crippen molar-refractivity contribution in [3.63, 3.8) is 0 Å². The van der Waals surface area contributed by atoms with E-state index in [1.54, 1.807) is 0 Å². The van der Waals surface area contributed by atoms with Gasteiger partial charge in [0.25, 0.3) is 0 Å². The van der Waals surface area contributed by atoms with E-state index in [-0.39, 0.29) is 87.2 Å². The molecular formula is C78H122O8. The molecular weight excluding hydrogens is 1060 g/mol. The number of esters is 1.